The first-order valence-corrected chi connectivity index (χ1v) is 7.38. The highest BCUT2D eigenvalue weighted by Gasteiger charge is 2.07. The molecule has 0 bridgehead atoms. The molecule has 1 aromatic rings. The lowest BCUT2D eigenvalue weighted by molar-refractivity contribution is -0.384. The number of rotatable bonds is 5. The summed E-state index contributed by atoms with van der Waals surface area (Å²) in [6.07, 6.45) is 7.35. The number of nitrogens with zero attached hydrogens (tertiary/aromatic N) is 1. The summed E-state index contributed by atoms with van der Waals surface area (Å²) in [5.41, 5.74) is 0.410. The van der Waals surface area contributed by atoms with Crippen LogP contribution in [0.1, 0.15) is 34.1 Å². The molecule has 0 aliphatic carbocycles. The lowest BCUT2D eigenvalue weighted by Crippen LogP contribution is -2.01. The second kappa shape index (κ2) is 7.29. The molecule has 0 aromatic heterocycles. The first kappa shape index (κ1) is 16.5. The van der Waals surface area contributed by atoms with E-state index in [0.29, 0.717) is 0 Å². The highest BCUT2D eigenvalue weighted by molar-refractivity contribution is 8.03. The fourth-order valence-electron chi connectivity index (χ4n) is 1.49. The minimum atomic E-state index is -0.381. The Hall–Kier alpha value is -1.55. The summed E-state index contributed by atoms with van der Waals surface area (Å²) < 4.78 is 0. The molecule has 0 spiro atoms. The third-order valence-electron chi connectivity index (χ3n) is 2.58. The third-order valence-corrected chi connectivity index (χ3v) is 3.70. The summed E-state index contributed by atoms with van der Waals surface area (Å²) in [5, 5.41) is 10.6. The van der Waals surface area contributed by atoms with Crippen LogP contribution in [0.15, 0.2) is 52.3 Å². The summed E-state index contributed by atoms with van der Waals surface area (Å²) in [7, 11) is 0. The van der Waals surface area contributed by atoms with Crippen molar-refractivity contribution in [2.45, 2.75) is 39.0 Å². The molecular weight excluding hydrogens is 270 g/mol. The Morgan fingerprint density at radius 2 is 1.90 bits per heavy atom. The fraction of sp³-hybridized carbons (Fsp3) is 0.375. The molecule has 0 aliphatic rings. The van der Waals surface area contributed by atoms with Crippen LogP contribution in [0.3, 0.4) is 0 Å². The highest BCUT2D eigenvalue weighted by Crippen LogP contribution is 2.29. The summed E-state index contributed by atoms with van der Waals surface area (Å²) in [6.45, 7) is 8.61. The molecule has 0 saturated heterocycles. The number of allylic oxidation sites excluding steroid dienone is 3. The smallest absolute Gasteiger partial charge is 0.258 e. The fourth-order valence-corrected chi connectivity index (χ4v) is 2.32. The van der Waals surface area contributed by atoms with Crippen molar-refractivity contribution < 1.29 is 4.92 Å². The summed E-state index contributed by atoms with van der Waals surface area (Å²) in [6, 6.07) is 6.64. The van der Waals surface area contributed by atoms with Crippen LogP contribution in [0.4, 0.5) is 5.69 Å². The van der Waals surface area contributed by atoms with E-state index in [1.54, 1.807) is 23.9 Å². The largest absolute Gasteiger partial charge is 0.269 e. The molecule has 0 N–H and O–H groups in total. The van der Waals surface area contributed by atoms with Crippen molar-refractivity contribution in [2.75, 3.05) is 0 Å². The molecule has 20 heavy (non-hydrogen) atoms. The Balaban J connectivity index is 2.67. The predicted molar refractivity (Wildman–Crippen MR) is 85.9 cm³/mol. The maximum absolute atomic E-state index is 10.6. The van der Waals surface area contributed by atoms with E-state index in [2.05, 4.69) is 32.9 Å². The van der Waals surface area contributed by atoms with Gasteiger partial charge in [-0.25, -0.2) is 0 Å². The van der Waals surface area contributed by atoms with Gasteiger partial charge in [0.2, 0.25) is 0 Å². The minimum absolute atomic E-state index is 0.125. The average Bonchev–Trinajstić information content (AvgIpc) is 2.36. The van der Waals surface area contributed by atoms with Crippen LogP contribution in [0.2, 0.25) is 0 Å². The predicted octanol–water partition coefficient (Wildman–Crippen LogP) is 5.58. The molecule has 0 aliphatic heterocycles. The lowest BCUT2D eigenvalue weighted by atomic mass is 9.92. The average molecular weight is 291 g/mol. The van der Waals surface area contributed by atoms with Crippen LogP contribution < -0.4 is 0 Å². The van der Waals surface area contributed by atoms with E-state index < -0.39 is 0 Å². The summed E-state index contributed by atoms with van der Waals surface area (Å²) in [5.74, 6) is 0. The van der Waals surface area contributed by atoms with E-state index in [9.17, 15) is 10.1 Å². The second-order valence-corrected chi connectivity index (χ2v) is 6.86. The quantitative estimate of drug-likeness (QED) is 0.308. The number of hydrogen-bond donors (Lipinski definition) is 0. The van der Waals surface area contributed by atoms with Gasteiger partial charge < -0.3 is 0 Å². The Bertz CT molecular complexity index is 510. The Kier molecular flexibility index (Phi) is 6.02. The van der Waals surface area contributed by atoms with Crippen LogP contribution in [-0.2, 0) is 0 Å². The first-order valence-electron chi connectivity index (χ1n) is 6.57. The van der Waals surface area contributed by atoms with Crippen molar-refractivity contribution in [3.8, 4) is 0 Å². The van der Waals surface area contributed by atoms with Crippen LogP contribution in [0.25, 0.3) is 0 Å². The number of hydrogen-bond acceptors (Lipinski definition) is 3. The zero-order valence-electron chi connectivity index (χ0n) is 12.4. The van der Waals surface area contributed by atoms with E-state index in [1.807, 2.05) is 13.0 Å². The number of nitro benzene ring substituents is 1. The van der Waals surface area contributed by atoms with Crippen molar-refractivity contribution in [3.63, 3.8) is 0 Å². The molecule has 0 fully saturated rings. The Morgan fingerprint density at radius 3 is 2.35 bits per heavy atom. The van der Waals surface area contributed by atoms with Gasteiger partial charge in [-0.15, -0.1) is 0 Å². The van der Waals surface area contributed by atoms with Gasteiger partial charge in [-0.3, -0.25) is 10.1 Å². The molecule has 0 unspecified atom stereocenters. The second-order valence-electron chi connectivity index (χ2n) is 5.71. The van der Waals surface area contributed by atoms with Gasteiger partial charge >= 0.3 is 0 Å². The maximum Gasteiger partial charge on any atom is 0.269 e. The van der Waals surface area contributed by atoms with Gasteiger partial charge in [0.15, 0.2) is 0 Å². The SMILES string of the molecule is C/C=C(\C=C/CC(C)(C)C)Sc1ccc([N+](=O)[O-])cc1. The van der Waals surface area contributed by atoms with Crippen molar-refractivity contribution >= 4 is 17.4 Å². The van der Waals surface area contributed by atoms with Crippen LogP contribution >= 0.6 is 11.8 Å². The highest BCUT2D eigenvalue weighted by atomic mass is 32.2. The topological polar surface area (TPSA) is 43.1 Å². The third kappa shape index (κ3) is 6.06. The standard InChI is InChI=1S/C16H21NO2S/c1-5-14(7-6-12-16(2,3)4)20-15-10-8-13(9-11-15)17(18)19/h5-11H,12H2,1-4H3/b7-6-,14-5+. The van der Waals surface area contributed by atoms with E-state index in [-0.39, 0.29) is 16.0 Å². The van der Waals surface area contributed by atoms with Crippen molar-refractivity contribution in [1.82, 2.24) is 0 Å². The van der Waals surface area contributed by atoms with Crippen LogP contribution in [0, 0.1) is 15.5 Å². The molecule has 4 heteroatoms. The molecule has 108 valence electrons. The van der Waals surface area contributed by atoms with Crippen molar-refractivity contribution in [2.24, 2.45) is 5.41 Å². The monoisotopic (exact) mass is 291 g/mol. The van der Waals surface area contributed by atoms with Gasteiger partial charge in [0, 0.05) is 21.9 Å². The zero-order valence-corrected chi connectivity index (χ0v) is 13.2. The van der Waals surface area contributed by atoms with Gasteiger partial charge in [0.05, 0.1) is 4.92 Å². The Morgan fingerprint density at radius 1 is 1.30 bits per heavy atom. The molecular formula is C16H21NO2S. The summed E-state index contributed by atoms with van der Waals surface area (Å²) >= 11 is 1.61. The molecule has 3 nitrogen and oxygen atoms in total. The zero-order chi connectivity index (χ0) is 15.2. The van der Waals surface area contributed by atoms with Gasteiger partial charge in [-0.05, 0) is 30.9 Å². The van der Waals surface area contributed by atoms with E-state index in [1.165, 1.54) is 12.1 Å². The summed E-state index contributed by atoms with van der Waals surface area (Å²) in [4.78, 5) is 12.4. The lowest BCUT2D eigenvalue weighted by Gasteiger charge is -2.14. The molecule has 1 aromatic carbocycles. The van der Waals surface area contributed by atoms with Crippen LogP contribution in [0.5, 0.6) is 0 Å². The molecule has 0 heterocycles. The normalized spacial score (nSPS) is 12.9. The molecule has 1 rings (SSSR count). The number of non-ortho nitro benzene ring substituents is 1. The number of nitro groups is 1. The maximum atomic E-state index is 10.6. The van der Waals surface area contributed by atoms with E-state index >= 15 is 0 Å². The van der Waals surface area contributed by atoms with Crippen molar-refractivity contribution in [1.29, 1.82) is 0 Å². The Labute approximate surface area is 124 Å². The molecule has 0 saturated carbocycles. The van der Waals surface area contributed by atoms with E-state index in [4.69, 9.17) is 0 Å². The molecule has 0 radical (unpaired) electrons. The van der Waals surface area contributed by atoms with Gasteiger partial charge in [0.25, 0.3) is 5.69 Å². The molecule has 0 amide bonds. The number of benzene rings is 1. The van der Waals surface area contributed by atoms with Gasteiger partial charge in [0.1, 0.15) is 0 Å². The van der Waals surface area contributed by atoms with Crippen LogP contribution in [-0.4, -0.2) is 4.92 Å². The van der Waals surface area contributed by atoms with Crippen molar-refractivity contribution in [3.05, 3.63) is 57.5 Å². The number of thioether (sulfide) groups is 1. The first-order chi connectivity index (χ1) is 9.31. The molecule has 0 atom stereocenters. The van der Waals surface area contributed by atoms with E-state index in [0.717, 1.165) is 16.2 Å². The van der Waals surface area contributed by atoms with Gasteiger partial charge in [-0.2, -0.15) is 0 Å². The van der Waals surface area contributed by atoms with Gasteiger partial charge in [-0.1, -0.05) is 50.8 Å². The minimum Gasteiger partial charge on any atom is -0.258 e.